The van der Waals surface area contributed by atoms with Gasteiger partial charge in [-0.15, -0.1) is 0 Å². The normalized spacial score (nSPS) is 22.6. The molecule has 8 nitrogen and oxygen atoms in total. The van der Waals surface area contributed by atoms with Crippen LogP contribution in [0.1, 0.15) is 18.4 Å². The Labute approximate surface area is 152 Å². The number of likely N-dealkylation sites (tertiary alicyclic amines) is 1. The first kappa shape index (κ1) is 21.6. The van der Waals surface area contributed by atoms with E-state index >= 15 is 0 Å². The minimum absolute atomic E-state index is 0.0566. The van der Waals surface area contributed by atoms with Gasteiger partial charge >= 0.3 is 5.97 Å². The summed E-state index contributed by atoms with van der Waals surface area (Å²) < 4.78 is 0. The number of rotatable bonds is 6. The number of hydrogen-bond donors (Lipinski definition) is 4. The second-order valence-corrected chi connectivity index (χ2v) is 6.22. The van der Waals surface area contributed by atoms with Gasteiger partial charge in [0, 0.05) is 26.6 Å². The first-order valence-corrected chi connectivity index (χ1v) is 8.35. The average molecular weight is 366 g/mol. The molecule has 0 aromatic heterocycles. The number of carboxylic acids is 1. The number of carboxylic acid groups (broad SMARTS) is 2. The van der Waals surface area contributed by atoms with E-state index in [0.717, 1.165) is 5.56 Å². The van der Waals surface area contributed by atoms with Crippen molar-refractivity contribution in [1.82, 2.24) is 10.2 Å². The van der Waals surface area contributed by atoms with E-state index < -0.39 is 17.5 Å². The Morgan fingerprint density at radius 2 is 1.96 bits per heavy atom. The molecule has 2 atom stereocenters. The average Bonchev–Trinajstić information content (AvgIpc) is 2.63. The minimum Gasteiger partial charge on any atom is -0.483 e. The summed E-state index contributed by atoms with van der Waals surface area (Å²) >= 11 is 0. The summed E-state index contributed by atoms with van der Waals surface area (Å²) in [6, 6.07) is 9.39. The molecule has 2 rings (SSSR count). The maximum atomic E-state index is 11.9. The predicted octanol–water partition coefficient (Wildman–Crippen LogP) is 0.204. The maximum absolute atomic E-state index is 11.9. The fourth-order valence-electron chi connectivity index (χ4n) is 3.11. The smallest absolute Gasteiger partial charge is 0.312 e. The fraction of sp³-hybridized carbons (Fsp3) is 0.500. The molecule has 26 heavy (non-hydrogen) atoms. The van der Waals surface area contributed by atoms with E-state index in [0.29, 0.717) is 32.4 Å². The number of nitrogens with zero attached hydrogens (tertiary/aromatic N) is 1. The molecule has 144 valence electrons. The van der Waals surface area contributed by atoms with E-state index in [9.17, 15) is 19.8 Å². The van der Waals surface area contributed by atoms with E-state index in [1.54, 1.807) is 7.05 Å². The minimum atomic E-state index is -1.16. The largest absolute Gasteiger partial charge is 0.483 e. The van der Waals surface area contributed by atoms with Crippen molar-refractivity contribution in [3.8, 4) is 0 Å². The Hall–Kier alpha value is -2.45. The van der Waals surface area contributed by atoms with E-state index in [1.807, 2.05) is 35.2 Å². The number of aliphatic carboxylic acids is 1. The number of amides is 1. The number of carbonyl (C=O) groups is 3. The van der Waals surface area contributed by atoms with Gasteiger partial charge in [0.2, 0.25) is 5.91 Å². The molecule has 1 aliphatic rings. The summed E-state index contributed by atoms with van der Waals surface area (Å²) in [5, 5.41) is 29.7. The Morgan fingerprint density at radius 3 is 2.46 bits per heavy atom. The van der Waals surface area contributed by atoms with Crippen LogP contribution in [0.5, 0.6) is 0 Å². The topological polar surface area (TPSA) is 127 Å². The Kier molecular flexibility index (Phi) is 8.74. The highest BCUT2D eigenvalue weighted by molar-refractivity contribution is 5.76. The molecule has 4 N–H and O–H groups in total. The molecule has 0 saturated carbocycles. The van der Waals surface area contributed by atoms with Crippen LogP contribution in [0.3, 0.4) is 0 Å². The van der Waals surface area contributed by atoms with Gasteiger partial charge in [0.25, 0.3) is 6.47 Å². The van der Waals surface area contributed by atoms with Crippen LogP contribution in [0.4, 0.5) is 0 Å². The van der Waals surface area contributed by atoms with Crippen LogP contribution in [-0.2, 0) is 20.8 Å². The van der Waals surface area contributed by atoms with E-state index in [1.165, 1.54) is 0 Å². The van der Waals surface area contributed by atoms with Crippen molar-refractivity contribution < 1.29 is 29.7 Å². The zero-order chi connectivity index (χ0) is 19.6. The Bertz CT molecular complexity index is 595. The molecule has 0 unspecified atom stereocenters. The van der Waals surface area contributed by atoms with Gasteiger partial charge in [-0.25, -0.2) is 0 Å². The quantitative estimate of drug-likeness (QED) is 0.530. The van der Waals surface area contributed by atoms with Gasteiger partial charge in [0.15, 0.2) is 0 Å². The van der Waals surface area contributed by atoms with Gasteiger partial charge in [0.1, 0.15) is 5.41 Å². The maximum Gasteiger partial charge on any atom is 0.312 e. The summed E-state index contributed by atoms with van der Waals surface area (Å²) in [7, 11) is 1.59. The van der Waals surface area contributed by atoms with Gasteiger partial charge in [-0.05, 0) is 24.9 Å². The van der Waals surface area contributed by atoms with E-state index in [-0.39, 0.29) is 18.9 Å². The highest BCUT2D eigenvalue weighted by Crippen LogP contribution is 2.36. The van der Waals surface area contributed by atoms with Gasteiger partial charge in [0.05, 0.1) is 6.10 Å². The van der Waals surface area contributed by atoms with Crippen molar-refractivity contribution in [1.29, 1.82) is 0 Å². The molecule has 1 heterocycles. The van der Waals surface area contributed by atoms with Crippen molar-refractivity contribution in [3.63, 3.8) is 0 Å². The van der Waals surface area contributed by atoms with Crippen molar-refractivity contribution >= 4 is 18.3 Å². The number of carbonyl (C=O) groups excluding carboxylic acids is 1. The van der Waals surface area contributed by atoms with Gasteiger partial charge in [-0.1, -0.05) is 30.3 Å². The number of hydrogen-bond acceptors (Lipinski definition) is 5. The van der Waals surface area contributed by atoms with Crippen LogP contribution >= 0.6 is 0 Å². The lowest BCUT2D eigenvalue weighted by Gasteiger charge is -2.42. The molecule has 0 bridgehead atoms. The molecular weight excluding hydrogens is 340 g/mol. The van der Waals surface area contributed by atoms with Gasteiger partial charge in [-0.3, -0.25) is 14.4 Å². The highest BCUT2D eigenvalue weighted by Gasteiger charge is 2.48. The third kappa shape index (κ3) is 5.82. The monoisotopic (exact) mass is 366 g/mol. The third-order valence-corrected chi connectivity index (χ3v) is 4.67. The van der Waals surface area contributed by atoms with Gasteiger partial charge < -0.3 is 25.5 Å². The molecule has 1 aliphatic heterocycles. The zero-order valence-electron chi connectivity index (χ0n) is 14.8. The molecule has 1 saturated heterocycles. The number of piperidine rings is 1. The second-order valence-electron chi connectivity index (χ2n) is 6.22. The summed E-state index contributed by atoms with van der Waals surface area (Å²) in [6.07, 6.45) is 0.0699. The van der Waals surface area contributed by atoms with E-state index in [2.05, 4.69) is 5.32 Å². The standard InChI is InChI=1S/C17H24N2O4.CH2O2/c1-18-15(21)7-9-19-10-8-17(16(22)23,14(20)12-19)11-13-5-3-2-4-6-13;2-1-3/h2-6,14,20H,7-12H2,1H3,(H,18,21)(H,22,23);1H,(H,2,3)/t14-,17+;/m0./s1. The summed E-state index contributed by atoms with van der Waals surface area (Å²) in [5.41, 5.74) is -0.252. The van der Waals surface area contributed by atoms with Crippen LogP contribution in [0.2, 0.25) is 0 Å². The third-order valence-electron chi connectivity index (χ3n) is 4.67. The number of β-amino-alcohol motifs (C(OH)–C–C–N with tert-alkyl or cyclic N) is 1. The first-order valence-electron chi connectivity index (χ1n) is 8.35. The number of aliphatic hydroxyl groups excluding tert-OH is 1. The van der Waals surface area contributed by atoms with Crippen molar-refractivity contribution in [2.24, 2.45) is 5.41 Å². The van der Waals surface area contributed by atoms with E-state index in [4.69, 9.17) is 9.90 Å². The first-order chi connectivity index (χ1) is 12.4. The Morgan fingerprint density at radius 1 is 1.35 bits per heavy atom. The van der Waals surface area contributed by atoms with Crippen LogP contribution in [0, 0.1) is 5.41 Å². The molecule has 0 radical (unpaired) electrons. The summed E-state index contributed by atoms with van der Waals surface area (Å²) in [5.74, 6) is -1.02. The second kappa shape index (κ2) is 10.5. The number of nitrogens with one attached hydrogen (secondary N) is 1. The van der Waals surface area contributed by atoms with Crippen LogP contribution in [0.25, 0.3) is 0 Å². The fourth-order valence-corrected chi connectivity index (χ4v) is 3.11. The molecule has 1 aromatic rings. The number of aliphatic hydroxyl groups is 1. The lowest BCUT2D eigenvalue weighted by atomic mass is 9.71. The van der Waals surface area contributed by atoms with Crippen LogP contribution < -0.4 is 5.32 Å². The molecule has 1 amide bonds. The van der Waals surface area contributed by atoms with Crippen molar-refractivity contribution in [2.75, 3.05) is 26.7 Å². The molecule has 1 fully saturated rings. The van der Waals surface area contributed by atoms with Crippen LogP contribution in [0.15, 0.2) is 30.3 Å². The van der Waals surface area contributed by atoms with Crippen LogP contribution in [-0.4, -0.2) is 71.4 Å². The predicted molar refractivity (Wildman–Crippen MR) is 94.7 cm³/mol. The summed E-state index contributed by atoms with van der Waals surface area (Å²) in [6.45, 7) is 1.11. The zero-order valence-corrected chi connectivity index (χ0v) is 14.8. The van der Waals surface area contributed by atoms with Crippen molar-refractivity contribution in [3.05, 3.63) is 35.9 Å². The SMILES string of the molecule is CNC(=O)CCN1CC[C@](Cc2ccccc2)(C(=O)O)[C@@H](O)C1.O=CO. The highest BCUT2D eigenvalue weighted by atomic mass is 16.4. The number of benzene rings is 1. The molecule has 0 spiro atoms. The lowest BCUT2D eigenvalue weighted by molar-refractivity contribution is -0.163. The van der Waals surface area contributed by atoms with Crippen molar-refractivity contribution in [2.45, 2.75) is 25.4 Å². The molecule has 1 aromatic carbocycles. The van der Waals surface area contributed by atoms with Gasteiger partial charge in [-0.2, -0.15) is 0 Å². The lowest BCUT2D eigenvalue weighted by Crippen LogP contribution is -2.56. The Balaban J connectivity index is 0.00000105. The summed E-state index contributed by atoms with van der Waals surface area (Å²) in [4.78, 5) is 33.5. The molecular formula is C18H26N2O6. The molecule has 0 aliphatic carbocycles. The molecule has 8 heteroatoms.